The van der Waals surface area contributed by atoms with Crippen LogP contribution in [0.2, 0.25) is 0 Å². The summed E-state index contributed by atoms with van der Waals surface area (Å²) in [5, 5.41) is 3.48. The van der Waals surface area contributed by atoms with Gasteiger partial charge in [-0.2, -0.15) is 0 Å². The molecule has 2 atom stereocenters. The van der Waals surface area contributed by atoms with Crippen molar-refractivity contribution in [2.75, 3.05) is 47.0 Å². The van der Waals surface area contributed by atoms with Crippen LogP contribution < -0.4 is 5.32 Å². The number of nitrogens with zero attached hydrogens (tertiary/aromatic N) is 1. The zero-order valence-electron chi connectivity index (χ0n) is 10.9. The summed E-state index contributed by atoms with van der Waals surface area (Å²) in [5.41, 5.74) is 0. The standard InChI is InChI=1S/C12H26N2O2/c1-11(14(2)6-8-15-3)9-13-10-12-5-4-7-16-12/h11-13H,4-10H2,1-3H3. The fourth-order valence-corrected chi connectivity index (χ4v) is 1.87. The highest BCUT2D eigenvalue weighted by Gasteiger charge is 2.15. The monoisotopic (exact) mass is 230 g/mol. The zero-order valence-corrected chi connectivity index (χ0v) is 10.9. The summed E-state index contributed by atoms with van der Waals surface area (Å²) in [6.07, 6.45) is 2.87. The molecule has 1 aliphatic rings. The van der Waals surface area contributed by atoms with E-state index in [-0.39, 0.29) is 0 Å². The number of ether oxygens (including phenoxy) is 2. The van der Waals surface area contributed by atoms with E-state index < -0.39 is 0 Å². The number of hydrogen-bond acceptors (Lipinski definition) is 4. The average molecular weight is 230 g/mol. The summed E-state index contributed by atoms with van der Waals surface area (Å²) in [7, 11) is 3.88. The average Bonchev–Trinajstić information content (AvgIpc) is 2.78. The minimum atomic E-state index is 0.441. The fourth-order valence-electron chi connectivity index (χ4n) is 1.87. The minimum absolute atomic E-state index is 0.441. The van der Waals surface area contributed by atoms with Gasteiger partial charge in [-0.25, -0.2) is 0 Å². The second kappa shape index (κ2) is 8.01. The largest absolute Gasteiger partial charge is 0.383 e. The van der Waals surface area contributed by atoms with Gasteiger partial charge in [-0.3, -0.25) is 0 Å². The van der Waals surface area contributed by atoms with Crippen LogP contribution in [0, 0.1) is 0 Å². The molecule has 1 N–H and O–H groups in total. The van der Waals surface area contributed by atoms with Gasteiger partial charge < -0.3 is 19.7 Å². The summed E-state index contributed by atoms with van der Waals surface area (Å²) < 4.78 is 10.6. The molecule has 0 aliphatic carbocycles. The lowest BCUT2D eigenvalue weighted by Crippen LogP contribution is -2.41. The van der Waals surface area contributed by atoms with Crippen LogP contribution in [0.15, 0.2) is 0 Å². The van der Waals surface area contributed by atoms with Gasteiger partial charge in [0.25, 0.3) is 0 Å². The van der Waals surface area contributed by atoms with Crippen LogP contribution in [0.1, 0.15) is 19.8 Å². The molecule has 1 fully saturated rings. The quantitative estimate of drug-likeness (QED) is 0.666. The van der Waals surface area contributed by atoms with E-state index in [0.29, 0.717) is 12.1 Å². The molecule has 2 unspecified atom stereocenters. The van der Waals surface area contributed by atoms with Crippen LogP contribution in [0.4, 0.5) is 0 Å². The first-order chi connectivity index (χ1) is 7.74. The number of methoxy groups -OCH3 is 1. The van der Waals surface area contributed by atoms with E-state index >= 15 is 0 Å². The Morgan fingerprint density at radius 3 is 3.00 bits per heavy atom. The van der Waals surface area contributed by atoms with Gasteiger partial charge in [0.2, 0.25) is 0 Å². The maximum atomic E-state index is 5.56. The van der Waals surface area contributed by atoms with E-state index in [4.69, 9.17) is 9.47 Å². The van der Waals surface area contributed by atoms with Gasteiger partial charge in [0.15, 0.2) is 0 Å². The lowest BCUT2D eigenvalue weighted by atomic mass is 10.2. The number of hydrogen-bond donors (Lipinski definition) is 1. The van der Waals surface area contributed by atoms with Crippen LogP contribution in [-0.4, -0.2) is 64.1 Å². The molecule has 1 saturated heterocycles. The van der Waals surface area contributed by atoms with Crippen LogP contribution in [0.25, 0.3) is 0 Å². The first-order valence-electron chi connectivity index (χ1n) is 6.25. The van der Waals surface area contributed by atoms with Gasteiger partial charge in [-0.05, 0) is 26.8 Å². The predicted molar refractivity (Wildman–Crippen MR) is 65.8 cm³/mol. The smallest absolute Gasteiger partial charge is 0.0700 e. The number of nitrogens with one attached hydrogen (secondary N) is 1. The summed E-state index contributed by atoms with van der Waals surface area (Å²) >= 11 is 0. The second-order valence-corrected chi connectivity index (χ2v) is 4.62. The molecule has 1 rings (SSSR count). The fraction of sp³-hybridized carbons (Fsp3) is 1.00. The molecule has 0 saturated carbocycles. The molecule has 4 nitrogen and oxygen atoms in total. The van der Waals surface area contributed by atoms with Gasteiger partial charge in [0, 0.05) is 39.4 Å². The predicted octanol–water partition coefficient (Wildman–Crippen LogP) is 0.722. The van der Waals surface area contributed by atoms with Crippen molar-refractivity contribution in [2.24, 2.45) is 0 Å². The van der Waals surface area contributed by atoms with Gasteiger partial charge >= 0.3 is 0 Å². The van der Waals surface area contributed by atoms with Gasteiger partial charge in [0.1, 0.15) is 0 Å². The third-order valence-electron chi connectivity index (χ3n) is 3.24. The Balaban J connectivity index is 2.01. The van der Waals surface area contributed by atoms with E-state index in [2.05, 4.69) is 24.2 Å². The molecule has 0 aromatic carbocycles. The van der Waals surface area contributed by atoms with E-state index in [1.54, 1.807) is 7.11 Å². The van der Waals surface area contributed by atoms with Gasteiger partial charge in [0.05, 0.1) is 12.7 Å². The summed E-state index contributed by atoms with van der Waals surface area (Å²) in [6, 6.07) is 0.538. The Bertz CT molecular complexity index is 172. The van der Waals surface area contributed by atoms with Crippen LogP contribution in [-0.2, 0) is 9.47 Å². The zero-order chi connectivity index (χ0) is 11.8. The summed E-state index contributed by atoms with van der Waals surface area (Å²) in [4.78, 5) is 2.31. The second-order valence-electron chi connectivity index (χ2n) is 4.62. The van der Waals surface area contributed by atoms with E-state index in [1.165, 1.54) is 12.8 Å². The SMILES string of the molecule is COCCN(C)C(C)CNCC1CCCO1. The maximum absolute atomic E-state index is 5.56. The Labute approximate surface area is 99.3 Å². The van der Waals surface area contributed by atoms with Crippen LogP contribution >= 0.6 is 0 Å². The molecular formula is C12H26N2O2. The Kier molecular flexibility index (Phi) is 6.96. The third-order valence-corrected chi connectivity index (χ3v) is 3.24. The third kappa shape index (κ3) is 5.25. The van der Waals surface area contributed by atoms with Crippen molar-refractivity contribution in [2.45, 2.75) is 31.9 Å². The molecule has 96 valence electrons. The van der Waals surface area contributed by atoms with E-state index in [0.717, 1.165) is 32.8 Å². The summed E-state index contributed by atoms with van der Waals surface area (Å²) in [5.74, 6) is 0. The molecule has 0 aromatic heterocycles. The molecule has 16 heavy (non-hydrogen) atoms. The molecule has 0 radical (unpaired) electrons. The van der Waals surface area contributed by atoms with Crippen molar-refractivity contribution < 1.29 is 9.47 Å². The molecule has 1 aliphatic heterocycles. The van der Waals surface area contributed by atoms with Gasteiger partial charge in [-0.1, -0.05) is 0 Å². The summed E-state index contributed by atoms with van der Waals surface area (Å²) in [6.45, 7) is 6.96. The molecule has 0 aromatic rings. The minimum Gasteiger partial charge on any atom is -0.383 e. The topological polar surface area (TPSA) is 33.7 Å². The molecular weight excluding hydrogens is 204 g/mol. The van der Waals surface area contributed by atoms with Crippen molar-refractivity contribution in [3.8, 4) is 0 Å². The number of likely N-dealkylation sites (N-methyl/N-ethyl adjacent to an activating group) is 1. The van der Waals surface area contributed by atoms with Crippen LogP contribution in [0.5, 0.6) is 0 Å². The molecule has 0 spiro atoms. The first-order valence-corrected chi connectivity index (χ1v) is 6.25. The van der Waals surface area contributed by atoms with Crippen LogP contribution in [0.3, 0.4) is 0 Å². The lowest BCUT2D eigenvalue weighted by molar-refractivity contribution is 0.106. The van der Waals surface area contributed by atoms with E-state index in [9.17, 15) is 0 Å². The molecule has 0 amide bonds. The first kappa shape index (κ1) is 13.9. The van der Waals surface area contributed by atoms with Gasteiger partial charge in [-0.15, -0.1) is 0 Å². The van der Waals surface area contributed by atoms with Crippen molar-refractivity contribution in [3.63, 3.8) is 0 Å². The Hall–Kier alpha value is -0.160. The number of rotatable bonds is 8. The Morgan fingerprint density at radius 1 is 1.56 bits per heavy atom. The molecule has 0 bridgehead atoms. The highest BCUT2D eigenvalue weighted by atomic mass is 16.5. The normalized spacial score (nSPS) is 22.9. The van der Waals surface area contributed by atoms with Crippen molar-refractivity contribution in [1.82, 2.24) is 10.2 Å². The maximum Gasteiger partial charge on any atom is 0.0700 e. The highest BCUT2D eigenvalue weighted by molar-refractivity contribution is 4.71. The van der Waals surface area contributed by atoms with Crippen molar-refractivity contribution in [1.29, 1.82) is 0 Å². The lowest BCUT2D eigenvalue weighted by Gasteiger charge is -2.25. The molecule has 1 heterocycles. The van der Waals surface area contributed by atoms with Crippen molar-refractivity contribution >= 4 is 0 Å². The van der Waals surface area contributed by atoms with Crippen molar-refractivity contribution in [3.05, 3.63) is 0 Å². The Morgan fingerprint density at radius 2 is 2.38 bits per heavy atom. The highest BCUT2D eigenvalue weighted by Crippen LogP contribution is 2.10. The molecule has 4 heteroatoms. The van der Waals surface area contributed by atoms with E-state index in [1.807, 2.05) is 0 Å².